The molecule has 2 aliphatic rings. The molecule has 0 amide bonds. The fraction of sp³-hybridized carbons (Fsp3) is 0.900. The molecule has 0 aromatic carbocycles. The minimum atomic E-state index is 0.388. The lowest BCUT2D eigenvalue weighted by Gasteiger charge is -2.03. The van der Waals surface area contributed by atoms with Gasteiger partial charge >= 0.3 is 0 Å². The number of rotatable bonds is 16. The molecule has 0 bridgehead atoms. The number of hydrogen-bond acceptors (Lipinski definition) is 4. The van der Waals surface area contributed by atoms with Gasteiger partial charge < -0.3 is 9.47 Å². The quantitative estimate of drug-likeness (QED) is 0.309. The minimum absolute atomic E-state index is 0.388. The predicted molar refractivity (Wildman–Crippen MR) is 94.1 cm³/mol. The Bertz CT molecular complexity index is 389. The van der Waals surface area contributed by atoms with Crippen molar-refractivity contribution < 1.29 is 19.1 Å². The maximum atomic E-state index is 11.8. The van der Waals surface area contributed by atoms with E-state index in [4.69, 9.17) is 9.47 Å². The Morgan fingerprint density at radius 3 is 1.79 bits per heavy atom. The molecule has 2 rings (SSSR count). The van der Waals surface area contributed by atoms with Crippen LogP contribution >= 0.6 is 0 Å². The first kappa shape index (κ1) is 19.6. The summed E-state index contributed by atoms with van der Waals surface area (Å²) in [5.41, 5.74) is 0. The van der Waals surface area contributed by atoms with Gasteiger partial charge in [0.05, 0.1) is 24.9 Å². The van der Waals surface area contributed by atoms with Crippen molar-refractivity contribution in [3.05, 3.63) is 0 Å². The van der Waals surface area contributed by atoms with Gasteiger partial charge in [0.1, 0.15) is 11.6 Å². The number of hydrogen-bond donors (Lipinski definition) is 0. The van der Waals surface area contributed by atoms with Crippen LogP contribution in [0.15, 0.2) is 0 Å². The van der Waals surface area contributed by atoms with Crippen LogP contribution in [0.1, 0.15) is 90.4 Å². The molecule has 24 heavy (non-hydrogen) atoms. The van der Waals surface area contributed by atoms with Gasteiger partial charge in [-0.25, -0.2) is 0 Å². The molecule has 0 N–H and O–H groups in total. The smallest absolute Gasteiger partial charge is 0.132 e. The molecule has 0 radical (unpaired) electrons. The summed E-state index contributed by atoms with van der Waals surface area (Å²) in [4.78, 5) is 23.5. The Labute approximate surface area is 146 Å². The molecule has 4 heteroatoms. The minimum Gasteiger partial charge on any atom is -0.373 e. The Morgan fingerprint density at radius 1 is 0.792 bits per heavy atom. The van der Waals surface area contributed by atoms with E-state index in [1.165, 1.54) is 0 Å². The molecule has 0 aliphatic carbocycles. The standard InChI is InChI=1S/C20H34O4/c1-16-20(24-16)14-8-12-18(22)10-5-3-2-4-9-17(21)11-6-7-13-19-15-23-19/h16,19-20H,2-15H2,1H3. The van der Waals surface area contributed by atoms with Crippen LogP contribution in [0.4, 0.5) is 0 Å². The summed E-state index contributed by atoms with van der Waals surface area (Å²) >= 11 is 0. The van der Waals surface area contributed by atoms with Crippen molar-refractivity contribution in [2.75, 3.05) is 6.61 Å². The Balaban J connectivity index is 1.30. The summed E-state index contributed by atoms with van der Waals surface area (Å²) in [5, 5.41) is 0. The summed E-state index contributed by atoms with van der Waals surface area (Å²) < 4.78 is 10.5. The van der Waals surface area contributed by atoms with E-state index in [1.54, 1.807) is 0 Å². The summed E-state index contributed by atoms with van der Waals surface area (Å²) in [5.74, 6) is 0.790. The fourth-order valence-corrected chi connectivity index (χ4v) is 3.21. The second-order valence-corrected chi connectivity index (χ2v) is 7.46. The van der Waals surface area contributed by atoms with Crippen molar-refractivity contribution in [1.82, 2.24) is 0 Å². The van der Waals surface area contributed by atoms with Gasteiger partial charge in [0.2, 0.25) is 0 Å². The van der Waals surface area contributed by atoms with Crippen LogP contribution in [0, 0.1) is 0 Å². The molecular weight excluding hydrogens is 304 g/mol. The normalized spacial score (nSPS) is 24.8. The van der Waals surface area contributed by atoms with Crippen molar-refractivity contribution in [3.8, 4) is 0 Å². The first-order valence-corrected chi connectivity index (χ1v) is 9.95. The number of epoxide rings is 2. The van der Waals surface area contributed by atoms with E-state index in [1.807, 2.05) is 0 Å². The summed E-state index contributed by atoms with van der Waals surface area (Å²) in [6.07, 6.45) is 13.5. The Hall–Kier alpha value is -0.740. The number of carbonyl (C=O) groups is 2. The maximum Gasteiger partial charge on any atom is 0.132 e. The third kappa shape index (κ3) is 9.53. The van der Waals surface area contributed by atoms with E-state index < -0.39 is 0 Å². The van der Waals surface area contributed by atoms with Crippen LogP contribution in [0.5, 0.6) is 0 Å². The molecule has 2 aliphatic heterocycles. The van der Waals surface area contributed by atoms with Gasteiger partial charge in [-0.1, -0.05) is 19.3 Å². The highest BCUT2D eigenvalue weighted by Crippen LogP contribution is 2.26. The van der Waals surface area contributed by atoms with Gasteiger partial charge in [0.15, 0.2) is 0 Å². The molecule has 4 nitrogen and oxygen atoms in total. The van der Waals surface area contributed by atoms with Crippen LogP contribution in [0.3, 0.4) is 0 Å². The van der Waals surface area contributed by atoms with Crippen molar-refractivity contribution in [2.24, 2.45) is 0 Å². The number of carbonyl (C=O) groups excluding carboxylic acids is 2. The van der Waals surface area contributed by atoms with Gasteiger partial charge in [0.25, 0.3) is 0 Å². The SMILES string of the molecule is CC1OC1CCCC(=O)CCCCCCC(=O)CCCCC1CO1. The van der Waals surface area contributed by atoms with Crippen molar-refractivity contribution in [3.63, 3.8) is 0 Å². The molecule has 0 spiro atoms. The van der Waals surface area contributed by atoms with E-state index >= 15 is 0 Å². The first-order chi connectivity index (χ1) is 11.6. The topological polar surface area (TPSA) is 59.2 Å². The van der Waals surface area contributed by atoms with Crippen LogP contribution in [-0.2, 0) is 19.1 Å². The average Bonchev–Trinajstić information content (AvgIpc) is 3.46. The average molecular weight is 338 g/mol. The molecule has 3 unspecified atom stereocenters. The van der Waals surface area contributed by atoms with E-state index in [0.29, 0.717) is 49.1 Å². The van der Waals surface area contributed by atoms with E-state index in [2.05, 4.69) is 6.92 Å². The van der Waals surface area contributed by atoms with Crippen LogP contribution < -0.4 is 0 Å². The fourth-order valence-electron chi connectivity index (χ4n) is 3.21. The summed E-state index contributed by atoms with van der Waals surface area (Å²) in [6.45, 7) is 3.00. The highest BCUT2D eigenvalue weighted by atomic mass is 16.6. The predicted octanol–water partition coefficient (Wildman–Crippen LogP) is 4.38. The molecule has 3 atom stereocenters. The van der Waals surface area contributed by atoms with Gasteiger partial charge in [0, 0.05) is 25.7 Å². The first-order valence-electron chi connectivity index (χ1n) is 9.95. The molecule has 0 saturated carbocycles. The van der Waals surface area contributed by atoms with Gasteiger partial charge in [-0.05, 0) is 45.4 Å². The molecule has 0 aromatic heterocycles. The molecule has 2 fully saturated rings. The highest BCUT2D eigenvalue weighted by molar-refractivity contribution is 5.78. The zero-order chi connectivity index (χ0) is 17.2. The zero-order valence-electron chi connectivity index (χ0n) is 15.3. The summed E-state index contributed by atoms with van der Waals surface area (Å²) in [6, 6.07) is 0. The molecule has 0 aromatic rings. The molecule has 2 saturated heterocycles. The van der Waals surface area contributed by atoms with Crippen LogP contribution in [0.25, 0.3) is 0 Å². The zero-order valence-corrected chi connectivity index (χ0v) is 15.3. The number of unbranched alkanes of at least 4 members (excludes halogenated alkanes) is 4. The van der Waals surface area contributed by atoms with Crippen LogP contribution in [-0.4, -0.2) is 36.5 Å². The lowest BCUT2D eigenvalue weighted by molar-refractivity contribution is -0.120. The largest absolute Gasteiger partial charge is 0.373 e. The highest BCUT2D eigenvalue weighted by Gasteiger charge is 2.33. The number of ketones is 2. The van der Waals surface area contributed by atoms with Crippen molar-refractivity contribution in [2.45, 2.75) is 109 Å². The molecule has 2 heterocycles. The molecular formula is C20H34O4. The maximum absolute atomic E-state index is 11.8. The Morgan fingerprint density at radius 2 is 1.29 bits per heavy atom. The van der Waals surface area contributed by atoms with Gasteiger partial charge in [-0.2, -0.15) is 0 Å². The Kier molecular flexibility index (Phi) is 8.97. The molecule has 138 valence electrons. The second kappa shape index (κ2) is 11.0. The second-order valence-electron chi connectivity index (χ2n) is 7.46. The number of Topliss-reactive ketones (excluding diaryl/α,β-unsaturated/α-hetero) is 2. The van der Waals surface area contributed by atoms with E-state index in [9.17, 15) is 9.59 Å². The van der Waals surface area contributed by atoms with Crippen LogP contribution in [0.2, 0.25) is 0 Å². The summed E-state index contributed by atoms with van der Waals surface area (Å²) in [7, 11) is 0. The monoisotopic (exact) mass is 338 g/mol. The number of ether oxygens (including phenoxy) is 2. The van der Waals surface area contributed by atoms with E-state index in [0.717, 1.165) is 70.8 Å². The lowest BCUT2D eigenvalue weighted by atomic mass is 10.0. The van der Waals surface area contributed by atoms with Gasteiger partial charge in [-0.15, -0.1) is 0 Å². The van der Waals surface area contributed by atoms with E-state index in [-0.39, 0.29) is 0 Å². The van der Waals surface area contributed by atoms with Gasteiger partial charge in [-0.3, -0.25) is 9.59 Å². The van der Waals surface area contributed by atoms with Crippen molar-refractivity contribution in [1.29, 1.82) is 0 Å². The third-order valence-electron chi connectivity index (χ3n) is 5.08. The van der Waals surface area contributed by atoms with Crippen molar-refractivity contribution >= 4 is 11.6 Å². The third-order valence-corrected chi connectivity index (χ3v) is 5.08. The lowest BCUT2D eigenvalue weighted by Crippen LogP contribution is -2.00.